The fourth-order valence-corrected chi connectivity index (χ4v) is 4.43. The number of amides is 1. The van der Waals surface area contributed by atoms with Crippen molar-refractivity contribution in [2.24, 2.45) is 5.41 Å². The number of carbonyl (C=O) groups excluding carboxylic acids is 2. The minimum Gasteiger partial charge on any atom is -0.444 e. The molecule has 0 aliphatic carbocycles. The van der Waals surface area contributed by atoms with Crippen molar-refractivity contribution in [3.05, 3.63) is 35.9 Å². The highest BCUT2D eigenvalue weighted by Gasteiger charge is 2.50. The van der Waals surface area contributed by atoms with Crippen LogP contribution in [-0.4, -0.2) is 40.9 Å². The van der Waals surface area contributed by atoms with E-state index < -0.39 is 23.8 Å². The van der Waals surface area contributed by atoms with Crippen LogP contribution in [0.5, 0.6) is 0 Å². The van der Waals surface area contributed by atoms with Gasteiger partial charge in [-0.3, -0.25) is 4.90 Å². The number of aliphatic hydroxyl groups is 1. The molecule has 1 aliphatic rings. The molecule has 1 aliphatic heterocycles. The van der Waals surface area contributed by atoms with Gasteiger partial charge < -0.3 is 14.6 Å². The zero-order valence-electron chi connectivity index (χ0n) is 21.5. The molecular weight excluding hydrogens is 430 g/mol. The van der Waals surface area contributed by atoms with Crippen molar-refractivity contribution in [3.63, 3.8) is 0 Å². The van der Waals surface area contributed by atoms with E-state index in [1.54, 1.807) is 0 Å². The summed E-state index contributed by atoms with van der Waals surface area (Å²) in [6, 6.07) is 8.98. The fourth-order valence-electron chi connectivity index (χ4n) is 4.43. The lowest BCUT2D eigenvalue weighted by molar-refractivity contribution is -0.147. The van der Waals surface area contributed by atoms with Gasteiger partial charge in [-0.2, -0.15) is 0 Å². The summed E-state index contributed by atoms with van der Waals surface area (Å²) in [5.41, 5.74) is 0.519. The van der Waals surface area contributed by atoms with E-state index in [1.165, 1.54) is 43.4 Å². The lowest BCUT2D eigenvalue weighted by atomic mass is 9.93. The Kier molecular flexibility index (Phi) is 12.4. The van der Waals surface area contributed by atoms with E-state index in [2.05, 4.69) is 0 Å². The zero-order chi connectivity index (χ0) is 24.8. The molecule has 1 N–H and O–H groups in total. The van der Waals surface area contributed by atoms with Gasteiger partial charge in [-0.05, 0) is 18.4 Å². The Bertz CT molecular complexity index is 715. The van der Waals surface area contributed by atoms with Gasteiger partial charge in [-0.1, -0.05) is 115 Å². The molecule has 1 amide bonds. The van der Waals surface area contributed by atoms with Crippen molar-refractivity contribution in [2.45, 2.75) is 117 Å². The van der Waals surface area contributed by atoms with Gasteiger partial charge in [0.1, 0.15) is 12.6 Å². The molecule has 192 valence electrons. The number of cyclic esters (lactones) is 1. The van der Waals surface area contributed by atoms with Crippen LogP contribution in [0.3, 0.4) is 0 Å². The number of ether oxygens (including phenoxy) is 2. The van der Waals surface area contributed by atoms with Crippen LogP contribution < -0.4 is 0 Å². The van der Waals surface area contributed by atoms with E-state index in [4.69, 9.17) is 14.6 Å². The Morgan fingerprint density at radius 1 is 0.912 bits per heavy atom. The highest BCUT2D eigenvalue weighted by atomic mass is 16.6. The molecule has 0 bridgehead atoms. The standard InChI is InChI=1S/C28H45NO5/c1-28(2,3)26-29(27(32)33-22-23-18-14-13-15-19-23)24(25(31)34-26)20-16-11-9-7-5-4-6-8-10-12-17-21-30/h13-15,18-19,24,26,30H,4-12,16-17,20-22H2,1-3H3/t24-,26-/m0/s1. The van der Waals surface area contributed by atoms with Crippen molar-refractivity contribution in [2.75, 3.05) is 6.61 Å². The Hall–Kier alpha value is -2.08. The minimum atomic E-state index is -0.620. The maximum atomic E-state index is 13.0. The van der Waals surface area contributed by atoms with E-state index >= 15 is 0 Å². The second-order valence-electron chi connectivity index (χ2n) is 10.5. The summed E-state index contributed by atoms with van der Waals surface area (Å²) >= 11 is 0. The quantitative estimate of drug-likeness (QED) is 0.228. The zero-order valence-corrected chi connectivity index (χ0v) is 21.5. The summed E-state index contributed by atoms with van der Waals surface area (Å²) in [6.45, 7) is 6.39. The topological polar surface area (TPSA) is 76.1 Å². The highest BCUT2D eigenvalue weighted by molar-refractivity contribution is 5.84. The van der Waals surface area contributed by atoms with Crippen molar-refractivity contribution < 1.29 is 24.2 Å². The van der Waals surface area contributed by atoms with Crippen LogP contribution >= 0.6 is 0 Å². The number of unbranched alkanes of at least 4 members (excludes halogenated alkanes) is 10. The number of esters is 1. The average Bonchev–Trinajstić information content (AvgIpc) is 3.15. The predicted molar refractivity (Wildman–Crippen MR) is 134 cm³/mol. The summed E-state index contributed by atoms with van der Waals surface area (Å²) in [4.78, 5) is 27.2. The van der Waals surface area contributed by atoms with Gasteiger partial charge in [-0.15, -0.1) is 0 Å². The van der Waals surface area contributed by atoms with E-state index in [0.717, 1.165) is 37.7 Å². The van der Waals surface area contributed by atoms with E-state index in [0.29, 0.717) is 13.0 Å². The second-order valence-corrected chi connectivity index (χ2v) is 10.5. The number of aliphatic hydroxyl groups excluding tert-OH is 1. The molecule has 1 fully saturated rings. The van der Waals surface area contributed by atoms with Crippen LogP contribution in [0.1, 0.15) is 103 Å². The average molecular weight is 476 g/mol. The van der Waals surface area contributed by atoms with Gasteiger partial charge in [-0.25, -0.2) is 9.59 Å². The Labute approximate surface area is 206 Å². The maximum absolute atomic E-state index is 13.0. The molecule has 0 saturated carbocycles. The number of hydrogen-bond acceptors (Lipinski definition) is 5. The first-order valence-electron chi connectivity index (χ1n) is 13.1. The molecule has 1 heterocycles. The summed E-state index contributed by atoms with van der Waals surface area (Å²) < 4.78 is 11.2. The fraction of sp³-hybridized carbons (Fsp3) is 0.714. The number of rotatable bonds is 15. The molecular formula is C28H45NO5. The van der Waals surface area contributed by atoms with Gasteiger partial charge in [0.05, 0.1) is 0 Å². The van der Waals surface area contributed by atoms with Crippen molar-refractivity contribution in [3.8, 4) is 0 Å². The molecule has 2 atom stereocenters. The molecule has 6 nitrogen and oxygen atoms in total. The van der Waals surface area contributed by atoms with Gasteiger partial charge in [0.15, 0.2) is 6.23 Å². The molecule has 6 heteroatoms. The molecule has 0 spiro atoms. The largest absolute Gasteiger partial charge is 0.444 e. The Morgan fingerprint density at radius 2 is 1.44 bits per heavy atom. The SMILES string of the molecule is CC(C)(C)[C@@H]1OC(=O)[C@H](CCCCCCCCCCCCCO)N1C(=O)OCc1ccccc1. The van der Waals surface area contributed by atoms with E-state index in [-0.39, 0.29) is 12.6 Å². The lowest BCUT2D eigenvalue weighted by Crippen LogP contribution is -2.48. The van der Waals surface area contributed by atoms with Crippen molar-refractivity contribution in [1.29, 1.82) is 0 Å². The van der Waals surface area contributed by atoms with Crippen LogP contribution in [0.25, 0.3) is 0 Å². The molecule has 34 heavy (non-hydrogen) atoms. The maximum Gasteiger partial charge on any atom is 0.413 e. The van der Waals surface area contributed by atoms with Gasteiger partial charge >= 0.3 is 12.1 Å². The van der Waals surface area contributed by atoms with Gasteiger partial charge in [0, 0.05) is 12.0 Å². The summed E-state index contributed by atoms with van der Waals surface area (Å²) in [5.74, 6) is -0.321. The number of carbonyl (C=O) groups is 2. The Morgan fingerprint density at radius 3 is 1.97 bits per heavy atom. The number of nitrogens with zero attached hydrogens (tertiary/aromatic N) is 1. The predicted octanol–water partition coefficient (Wildman–Crippen LogP) is 6.60. The molecule has 1 aromatic carbocycles. The van der Waals surface area contributed by atoms with Crippen LogP contribution in [0, 0.1) is 5.41 Å². The molecule has 0 aromatic heterocycles. The lowest BCUT2D eigenvalue weighted by Gasteiger charge is -2.33. The molecule has 1 saturated heterocycles. The first-order valence-corrected chi connectivity index (χ1v) is 13.1. The van der Waals surface area contributed by atoms with Crippen LogP contribution in [0.2, 0.25) is 0 Å². The second kappa shape index (κ2) is 15.0. The highest BCUT2D eigenvalue weighted by Crippen LogP contribution is 2.35. The first kappa shape index (κ1) is 28.2. The molecule has 0 unspecified atom stereocenters. The Balaban J connectivity index is 1.74. The van der Waals surface area contributed by atoms with E-state index in [9.17, 15) is 9.59 Å². The summed E-state index contributed by atoms with van der Waals surface area (Å²) in [7, 11) is 0. The third-order valence-corrected chi connectivity index (χ3v) is 6.38. The van der Waals surface area contributed by atoms with Crippen LogP contribution in [-0.2, 0) is 20.9 Å². The third kappa shape index (κ3) is 9.65. The number of benzene rings is 1. The van der Waals surface area contributed by atoms with Crippen LogP contribution in [0.4, 0.5) is 4.79 Å². The normalized spacial score (nSPS) is 18.2. The number of hydrogen-bond donors (Lipinski definition) is 1. The van der Waals surface area contributed by atoms with Crippen LogP contribution in [0.15, 0.2) is 30.3 Å². The smallest absolute Gasteiger partial charge is 0.413 e. The minimum absolute atomic E-state index is 0.176. The molecule has 0 radical (unpaired) electrons. The monoisotopic (exact) mass is 475 g/mol. The van der Waals surface area contributed by atoms with Gasteiger partial charge in [0.2, 0.25) is 0 Å². The first-order chi connectivity index (χ1) is 16.3. The summed E-state index contributed by atoms with van der Waals surface area (Å²) in [6.07, 6.45) is 12.1. The van der Waals surface area contributed by atoms with E-state index in [1.807, 2.05) is 51.1 Å². The molecule has 2 rings (SSSR count). The van der Waals surface area contributed by atoms with Crippen molar-refractivity contribution >= 4 is 12.1 Å². The summed E-state index contributed by atoms with van der Waals surface area (Å²) in [5, 5.41) is 8.80. The van der Waals surface area contributed by atoms with Crippen molar-refractivity contribution in [1.82, 2.24) is 4.90 Å². The molecule has 1 aromatic rings. The van der Waals surface area contributed by atoms with Gasteiger partial charge in [0.25, 0.3) is 0 Å². The third-order valence-electron chi connectivity index (χ3n) is 6.38.